The van der Waals surface area contributed by atoms with Crippen LogP contribution in [0, 0.1) is 6.92 Å². The molecule has 94 valence electrons. The van der Waals surface area contributed by atoms with Crippen LogP contribution in [0.1, 0.15) is 19.4 Å². The van der Waals surface area contributed by atoms with Crippen LogP contribution < -0.4 is 10.6 Å². The van der Waals surface area contributed by atoms with Gasteiger partial charge in [0.15, 0.2) is 0 Å². The maximum absolute atomic E-state index is 11.6. The van der Waals surface area contributed by atoms with Crippen LogP contribution >= 0.6 is 15.9 Å². The molecule has 0 radical (unpaired) electrons. The number of nitrogens with one attached hydrogen (secondary N) is 2. The van der Waals surface area contributed by atoms with E-state index in [2.05, 4.69) is 26.6 Å². The molecule has 0 fully saturated rings. The first-order valence-corrected chi connectivity index (χ1v) is 6.09. The molecule has 0 heterocycles. The molecule has 0 atom stereocenters. The second kappa shape index (κ2) is 5.51. The number of anilines is 1. The van der Waals surface area contributed by atoms with Gasteiger partial charge >= 0.3 is 6.03 Å². The van der Waals surface area contributed by atoms with E-state index in [0.717, 1.165) is 15.7 Å². The van der Waals surface area contributed by atoms with Crippen molar-refractivity contribution < 1.29 is 9.90 Å². The first-order valence-electron chi connectivity index (χ1n) is 5.30. The van der Waals surface area contributed by atoms with Crippen LogP contribution in [0.2, 0.25) is 0 Å². The summed E-state index contributed by atoms with van der Waals surface area (Å²) in [6, 6.07) is 5.23. The average Bonchev–Trinajstić information content (AvgIpc) is 2.23. The van der Waals surface area contributed by atoms with Gasteiger partial charge in [0.25, 0.3) is 0 Å². The Hall–Kier alpha value is -1.07. The summed E-state index contributed by atoms with van der Waals surface area (Å²) in [6.45, 7) is 5.34. The molecule has 0 aliphatic carbocycles. The van der Waals surface area contributed by atoms with E-state index < -0.39 is 5.54 Å². The van der Waals surface area contributed by atoms with Crippen LogP contribution in [0.25, 0.3) is 0 Å². The zero-order chi connectivity index (χ0) is 13.1. The van der Waals surface area contributed by atoms with E-state index in [1.54, 1.807) is 13.8 Å². The smallest absolute Gasteiger partial charge is 0.319 e. The van der Waals surface area contributed by atoms with Crippen LogP contribution in [0.3, 0.4) is 0 Å². The lowest BCUT2D eigenvalue weighted by atomic mass is 10.1. The monoisotopic (exact) mass is 300 g/mol. The van der Waals surface area contributed by atoms with Crippen molar-refractivity contribution in [2.24, 2.45) is 0 Å². The highest BCUT2D eigenvalue weighted by atomic mass is 79.9. The normalized spacial score (nSPS) is 11.1. The summed E-state index contributed by atoms with van der Waals surface area (Å²) < 4.78 is 0.999. The molecule has 1 aromatic carbocycles. The molecule has 3 N–H and O–H groups in total. The van der Waals surface area contributed by atoms with E-state index >= 15 is 0 Å². The molecule has 0 saturated carbocycles. The minimum absolute atomic E-state index is 0.111. The number of aliphatic hydroxyl groups is 1. The Balaban J connectivity index is 2.65. The van der Waals surface area contributed by atoms with Crippen molar-refractivity contribution in [2.75, 3.05) is 11.9 Å². The molecule has 1 rings (SSSR count). The van der Waals surface area contributed by atoms with E-state index in [0.29, 0.717) is 0 Å². The number of halogens is 1. The second-order valence-corrected chi connectivity index (χ2v) is 5.44. The molecular formula is C12H17BrN2O2. The Morgan fingerprint density at radius 1 is 1.47 bits per heavy atom. The van der Waals surface area contributed by atoms with Gasteiger partial charge in [0.2, 0.25) is 0 Å². The van der Waals surface area contributed by atoms with E-state index in [1.807, 2.05) is 25.1 Å². The topological polar surface area (TPSA) is 61.4 Å². The third-order valence-electron chi connectivity index (χ3n) is 2.26. The van der Waals surface area contributed by atoms with Gasteiger partial charge in [-0.25, -0.2) is 4.79 Å². The Morgan fingerprint density at radius 3 is 2.65 bits per heavy atom. The third kappa shape index (κ3) is 4.36. The number of hydrogen-bond acceptors (Lipinski definition) is 2. The second-order valence-electron chi connectivity index (χ2n) is 4.59. The molecule has 5 heteroatoms. The largest absolute Gasteiger partial charge is 0.394 e. The van der Waals surface area contributed by atoms with Gasteiger partial charge in [0.1, 0.15) is 0 Å². The quantitative estimate of drug-likeness (QED) is 0.804. The highest BCUT2D eigenvalue weighted by Gasteiger charge is 2.18. The molecule has 2 amide bonds. The molecule has 17 heavy (non-hydrogen) atoms. The molecule has 0 spiro atoms. The number of carbonyl (C=O) groups is 1. The number of hydrogen-bond donors (Lipinski definition) is 3. The van der Waals surface area contributed by atoms with E-state index in [-0.39, 0.29) is 12.6 Å². The van der Waals surface area contributed by atoms with Crippen molar-refractivity contribution in [3.05, 3.63) is 28.2 Å². The van der Waals surface area contributed by atoms with Gasteiger partial charge in [-0.15, -0.1) is 0 Å². The number of amides is 2. The van der Waals surface area contributed by atoms with Crippen LogP contribution in [0.15, 0.2) is 22.7 Å². The lowest BCUT2D eigenvalue weighted by molar-refractivity contribution is 0.187. The van der Waals surface area contributed by atoms with Crippen molar-refractivity contribution in [3.8, 4) is 0 Å². The summed E-state index contributed by atoms with van der Waals surface area (Å²) in [6.07, 6.45) is 0. The molecule has 0 aliphatic rings. The Morgan fingerprint density at radius 2 is 2.12 bits per heavy atom. The summed E-state index contributed by atoms with van der Waals surface area (Å²) in [5.41, 5.74) is 1.13. The van der Waals surface area contributed by atoms with Gasteiger partial charge in [0, 0.05) is 10.2 Å². The van der Waals surface area contributed by atoms with Gasteiger partial charge in [-0.05, 0) is 44.5 Å². The standard InChI is InChI=1S/C12H17BrN2O2/c1-8-6-9(4-5-10(8)13)14-11(17)15-12(2,3)7-16/h4-6,16H,7H2,1-3H3,(H2,14,15,17). The SMILES string of the molecule is Cc1cc(NC(=O)NC(C)(C)CO)ccc1Br. The van der Waals surface area contributed by atoms with Gasteiger partial charge in [-0.2, -0.15) is 0 Å². The van der Waals surface area contributed by atoms with E-state index in [9.17, 15) is 4.79 Å². The van der Waals surface area contributed by atoms with Gasteiger partial charge in [-0.1, -0.05) is 15.9 Å². The number of benzene rings is 1. The molecule has 0 aromatic heterocycles. The average molecular weight is 301 g/mol. The van der Waals surface area contributed by atoms with Crippen LogP contribution in [0.4, 0.5) is 10.5 Å². The van der Waals surface area contributed by atoms with Crippen LogP contribution in [-0.2, 0) is 0 Å². The van der Waals surface area contributed by atoms with E-state index in [4.69, 9.17) is 5.11 Å². The summed E-state index contributed by atoms with van der Waals surface area (Å²) in [4.78, 5) is 11.6. The van der Waals surface area contributed by atoms with Gasteiger partial charge in [0.05, 0.1) is 12.1 Å². The van der Waals surface area contributed by atoms with Crippen LogP contribution in [0.5, 0.6) is 0 Å². The highest BCUT2D eigenvalue weighted by Crippen LogP contribution is 2.19. The molecule has 0 aliphatic heterocycles. The zero-order valence-electron chi connectivity index (χ0n) is 10.2. The minimum atomic E-state index is -0.630. The van der Waals surface area contributed by atoms with E-state index in [1.165, 1.54) is 0 Å². The van der Waals surface area contributed by atoms with Gasteiger partial charge in [-0.3, -0.25) is 0 Å². The first kappa shape index (κ1) is 14.0. The fourth-order valence-corrected chi connectivity index (χ4v) is 1.48. The lowest BCUT2D eigenvalue weighted by Crippen LogP contribution is -2.48. The Kier molecular flexibility index (Phi) is 4.54. The van der Waals surface area contributed by atoms with Crippen molar-refractivity contribution >= 4 is 27.6 Å². The minimum Gasteiger partial charge on any atom is -0.394 e. The number of urea groups is 1. The third-order valence-corrected chi connectivity index (χ3v) is 3.15. The molecule has 0 bridgehead atoms. The van der Waals surface area contributed by atoms with Crippen molar-refractivity contribution in [1.29, 1.82) is 0 Å². The molecule has 4 nitrogen and oxygen atoms in total. The zero-order valence-corrected chi connectivity index (χ0v) is 11.8. The maximum atomic E-state index is 11.6. The molecule has 0 unspecified atom stereocenters. The van der Waals surface area contributed by atoms with Crippen molar-refractivity contribution in [1.82, 2.24) is 5.32 Å². The highest BCUT2D eigenvalue weighted by molar-refractivity contribution is 9.10. The fraction of sp³-hybridized carbons (Fsp3) is 0.417. The van der Waals surface area contributed by atoms with Crippen LogP contribution in [-0.4, -0.2) is 23.3 Å². The molecular weight excluding hydrogens is 284 g/mol. The predicted octanol–water partition coefficient (Wildman–Crippen LogP) is 2.65. The van der Waals surface area contributed by atoms with Crippen molar-refractivity contribution in [2.45, 2.75) is 26.3 Å². The molecule has 1 aromatic rings. The molecule has 0 saturated heterocycles. The van der Waals surface area contributed by atoms with Crippen molar-refractivity contribution in [3.63, 3.8) is 0 Å². The summed E-state index contributed by atoms with van der Waals surface area (Å²) in [5, 5.41) is 14.4. The number of rotatable bonds is 3. The number of aryl methyl sites for hydroxylation is 1. The first-order chi connectivity index (χ1) is 7.84. The lowest BCUT2D eigenvalue weighted by Gasteiger charge is -2.23. The number of aliphatic hydroxyl groups excluding tert-OH is 1. The summed E-state index contributed by atoms with van der Waals surface area (Å²) >= 11 is 3.39. The fourth-order valence-electron chi connectivity index (χ4n) is 1.23. The summed E-state index contributed by atoms with van der Waals surface area (Å²) in [5.74, 6) is 0. The summed E-state index contributed by atoms with van der Waals surface area (Å²) in [7, 11) is 0. The Bertz CT molecular complexity index is 419. The van der Waals surface area contributed by atoms with Gasteiger partial charge < -0.3 is 15.7 Å². The predicted molar refractivity (Wildman–Crippen MR) is 72.2 cm³/mol. The number of carbonyl (C=O) groups excluding carboxylic acids is 1. The maximum Gasteiger partial charge on any atom is 0.319 e. The Labute approximate surface area is 110 Å².